The smallest absolute Gasteiger partial charge is 0.273 e. The topological polar surface area (TPSA) is 88.8 Å². The van der Waals surface area contributed by atoms with E-state index in [1.165, 1.54) is 11.3 Å². The first-order valence-electron chi connectivity index (χ1n) is 9.09. The number of aromatic nitrogens is 1. The second-order valence-electron chi connectivity index (χ2n) is 6.18. The number of amides is 2. The molecule has 0 radical (unpaired) electrons. The number of hydrogen-bond acceptors (Lipinski definition) is 6. The minimum atomic E-state index is -0.0867. The molecule has 0 atom stereocenters. The molecule has 152 valence electrons. The van der Waals surface area contributed by atoms with Gasteiger partial charge in [-0.2, -0.15) is 0 Å². The van der Waals surface area contributed by atoms with Crippen molar-refractivity contribution in [1.29, 1.82) is 0 Å². The Hall–Kier alpha value is -2.16. The number of carbonyl (C=O) groups excluding carboxylic acids is 2. The summed E-state index contributed by atoms with van der Waals surface area (Å²) in [5.41, 5.74) is 6.56. The van der Waals surface area contributed by atoms with E-state index < -0.39 is 0 Å². The molecular formula is C19H25ClN4O3S. The largest absolute Gasteiger partial charge is 0.493 e. The molecule has 2 heterocycles. The Balaban J connectivity index is 0.00000280. The van der Waals surface area contributed by atoms with E-state index in [2.05, 4.69) is 4.98 Å². The van der Waals surface area contributed by atoms with Crippen molar-refractivity contribution >= 4 is 35.6 Å². The fourth-order valence-corrected chi connectivity index (χ4v) is 3.81. The second-order valence-corrected chi connectivity index (χ2v) is 7.12. The zero-order valence-corrected chi connectivity index (χ0v) is 17.4. The first-order valence-corrected chi connectivity index (χ1v) is 9.96. The van der Waals surface area contributed by atoms with Gasteiger partial charge in [-0.15, -0.1) is 23.7 Å². The highest BCUT2D eigenvalue weighted by molar-refractivity contribution is 7.09. The third-order valence-corrected chi connectivity index (χ3v) is 5.31. The fraction of sp³-hybridized carbons (Fsp3) is 0.421. The highest BCUT2D eigenvalue weighted by Crippen LogP contribution is 2.21. The Morgan fingerprint density at radius 3 is 2.43 bits per heavy atom. The van der Waals surface area contributed by atoms with Gasteiger partial charge in [-0.25, -0.2) is 4.98 Å². The molecule has 1 aliphatic heterocycles. The lowest BCUT2D eigenvalue weighted by molar-refractivity contribution is 0.0530. The van der Waals surface area contributed by atoms with Crippen LogP contribution >= 0.6 is 23.7 Å². The van der Waals surface area contributed by atoms with Gasteiger partial charge in [0.1, 0.15) is 11.4 Å². The van der Waals surface area contributed by atoms with Crippen molar-refractivity contribution in [3.05, 3.63) is 45.9 Å². The van der Waals surface area contributed by atoms with Gasteiger partial charge in [0.15, 0.2) is 0 Å². The molecule has 0 bridgehead atoms. The first kappa shape index (κ1) is 22.1. The summed E-state index contributed by atoms with van der Waals surface area (Å²) in [6.45, 7) is 4.88. The van der Waals surface area contributed by atoms with Gasteiger partial charge in [-0.05, 0) is 25.6 Å². The van der Waals surface area contributed by atoms with E-state index in [9.17, 15) is 9.59 Å². The molecule has 0 aliphatic carbocycles. The Labute approximate surface area is 174 Å². The molecule has 28 heavy (non-hydrogen) atoms. The van der Waals surface area contributed by atoms with Gasteiger partial charge < -0.3 is 20.3 Å². The number of benzene rings is 1. The third kappa shape index (κ3) is 5.01. The Morgan fingerprint density at radius 2 is 1.79 bits per heavy atom. The SMILES string of the molecule is CCOc1ccccc1C(=O)N1CCN(C(=O)c2csc(CCN)n2)CC1.Cl. The van der Waals surface area contributed by atoms with Crippen LogP contribution in [0.1, 0.15) is 32.8 Å². The summed E-state index contributed by atoms with van der Waals surface area (Å²) in [7, 11) is 0. The Kier molecular flexibility index (Phi) is 8.22. The molecular weight excluding hydrogens is 400 g/mol. The first-order chi connectivity index (χ1) is 13.1. The number of rotatable bonds is 6. The van der Waals surface area contributed by atoms with Gasteiger partial charge in [0.25, 0.3) is 11.8 Å². The molecule has 1 aromatic heterocycles. The Morgan fingerprint density at radius 1 is 1.14 bits per heavy atom. The standard InChI is InChI=1S/C19H24N4O3S.ClH/c1-2-26-16-6-4-3-5-14(16)18(24)22-9-11-23(12-10-22)19(25)15-13-27-17(21-15)7-8-20;/h3-6,13H,2,7-12,20H2,1H3;1H. The minimum Gasteiger partial charge on any atom is -0.493 e. The summed E-state index contributed by atoms with van der Waals surface area (Å²) in [5, 5.41) is 2.66. The summed E-state index contributed by atoms with van der Waals surface area (Å²) < 4.78 is 5.56. The van der Waals surface area contributed by atoms with E-state index >= 15 is 0 Å². The van der Waals surface area contributed by atoms with E-state index in [-0.39, 0.29) is 24.2 Å². The van der Waals surface area contributed by atoms with Crippen LogP contribution in [0.4, 0.5) is 0 Å². The lowest BCUT2D eigenvalue weighted by atomic mass is 10.1. The maximum absolute atomic E-state index is 12.8. The molecule has 7 nitrogen and oxygen atoms in total. The summed E-state index contributed by atoms with van der Waals surface area (Å²) in [6, 6.07) is 7.26. The van der Waals surface area contributed by atoms with Crippen molar-refractivity contribution in [1.82, 2.24) is 14.8 Å². The van der Waals surface area contributed by atoms with Crippen LogP contribution in [-0.4, -0.2) is 65.9 Å². The number of para-hydroxylation sites is 1. The summed E-state index contributed by atoms with van der Waals surface area (Å²) >= 11 is 1.46. The van der Waals surface area contributed by atoms with Crippen LogP contribution in [-0.2, 0) is 6.42 Å². The number of hydrogen-bond donors (Lipinski definition) is 1. The monoisotopic (exact) mass is 424 g/mol. The van der Waals surface area contributed by atoms with E-state index in [4.69, 9.17) is 10.5 Å². The van der Waals surface area contributed by atoms with Gasteiger partial charge in [-0.1, -0.05) is 12.1 Å². The molecule has 0 saturated carbocycles. The molecule has 1 aliphatic rings. The van der Waals surface area contributed by atoms with E-state index in [1.807, 2.05) is 19.1 Å². The maximum atomic E-state index is 12.8. The van der Waals surface area contributed by atoms with Crippen LogP contribution in [0, 0.1) is 0 Å². The molecule has 0 spiro atoms. The minimum absolute atomic E-state index is 0. The number of thiazole rings is 1. The van der Waals surface area contributed by atoms with Crippen molar-refractivity contribution in [2.24, 2.45) is 5.73 Å². The number of carbonyl (C=O) groups is 2. The van der Waals surface area contributed by atoms with Gasteiger partial charge >= 0.3 is 0 Å². The van der Waals surface area contributed by atoms with Gasteiger partial charge in [0, 0.05) is 38.0 Å². The van der Waals surface area contributed by atoms with Crippen molar-refractivity contribution in [3.8, 4) is 5.75 Å². The van der Waals surface area contributed by atoms with Crippen molar-refractivity contribution in [3.63, 3.8) is 0 Å². The molecule has 2 N–H and O–H groups in total. The number of nitrogens with zero attached hydrogens (tertiary/aromatic N) is 3. The Bertz CT molecular complexity index is 806. The predicted molar refractivity (Wildman–Crippen MR) is 112 cm³/mol. The zero-order valence-electron chi connectivity index (χ0n) is 15.8. The summed E-state index contributed by atoms with van der Waals surface area (Å²) in [5.74, 6) is 0.444. The van der Waals surface area contributed by atoms with Crippen LogP contribution in [0.5, 0.6) is 5.75 Å². The van der Waals surface area contributed by atoms with Crippen LogP contribution in [0.2, 0.25) is 0 Å². The fourth-order valence-electron chi connectivity index (χ4n) is 3.02. The van der Waals surface area contributed by atoms with Gasteiger partial charge in [0.05, 0.1) is 17.2 Å². The van der Waals surface area contributed by atoms with E-state index in [0.29, 0.717) is 62.8 Å². The molecule has 1 saturated heterocycles. The number of piperazine rings is 1. The summed E-state index contributed by atoms with van der Waals surface area (Å²) in [4.78, 5) is 33.3. The highest BCUT2D eigenvalue weighted by atomic mass is 35.5. The number of halogens is 1. The van der Waals surface area contributed by atoms with E-state index in [0.717, 1.165) is 5.01 Å². The normalized spacial score (nSPS) is 13.8. The molecule has 1 fully saturated rings. The lowest BCUT2D eigenvalue weighted by Crippen LogP contribution is -2.50. The third-order valence-electron chi connectivity index (χ3n) is 4.40. The number of ether oxygens (including phenoxy) is 1. The average Bonchev–Trinajstić information content (AvgIpc) is 3.17. The van der Waals surface area contributed by atoms with Crippen molar-refractivity contribution in [2.45, 2.75) is 13.3 Å². The molecule has 1 aromatic carbocycles. The van der Waals surface area contributed by atoms with E-state index in [1.54, 1.807) is 27.3 Å². The van der Waals surface area contributed by atoms with Gasteiger partial charge in [0.2, 0.25) is 0 Å². The molecule has 9 heteroatoms. The average molecular weight is 425 g/mol. The number of nitrogens with two attached hydrogens (primary N) is 1. The quantitative estimate of drug-likeness (QED) is 0.766. The maximum Gasteiger partial charge on any atom is 0.273 e. The van der Waals surface area contributed by atoms with Crippen LogP contribution in [0.15, 0.2) is 29.6 Å². The summed E-state index contributed by atoms with van der Waals surface area (Å²) in [6.07, 6.45) is 0.680. The zero-order chi connectivity index (χ0) is 19.2. The van der Waals surface area contributed by atoms with Crippen LogP contribution in [0.3, 0.4) is 0 Å². The molecule has 2 aromatic rings. The van der Waals surface area contributed by atoms with Crippen LogP contribution in [0.25, 0.3) is 0 Å². The molecule has 3 rings (SSSR count). The van der Waals surface area contributed by atoms with Crippen molar-refractivity contribution in [2.75, 3.05) is 39.3 Å². The van der Waals surface area contributed by atoms with Crippen molar-refractivity contribution < 1.29 is 14.3 Å². The lowest BCUT2D eigenvalue weighted by Gasteiger charge is -2.34. The second kappa shape index (κ2) is 10.4. The van der Waals surface area contributed by atoms with Gasteiger partial charge in [-0.3, -0.25) is 9.59 Å². The molecule has 0 unspecified atom stereocenters. The predicted octanol–water partition coefficient (Wildman–Crippen LogP) is 2.06. The van der Waals surface area contributed by atoms with Crippen LogP contribution < -0.4 is 10.5 Å². The molecule has 2 amide bonds. The highest BCUT2D eigenvalue weighted by Gasteiger charge is 2.27.